The Bertz CT molecular complexity index is 2200. The minimum absolute atomic E-state index is 0.245. The van der Waals surface area contributed by atoms with E-state index in [2.05, 4.69) is 138 Å². The molecule has 182 valence electrons. The average molecular weight is 514 g/mol. The Morgan fingerprint density at radius 3 is 1.95 bits per heavy atom. The van der Waals surface area contributed by atoms with E-state index in [1.54, 1.807) is 0 Å². The Labute approximate surface area is 230 Å². The maximum atomic E-state index is 2.47. The molecule has 2 heteroatoms. The van der Waals surface area contributed by atoms with E-state index in [0.717, 1.165) is 0 Å². The van der Waals surface area contributed by atoms with Crippen molar-refractivity contribution in [2.45, 2.75) is 5.92 Å². The van der Waals surface area contributed by atoms with Gasteiger partial charge in [-0.3, -0.25) is 0 Å². The van der Waals surface area contributed by atoms with Gasteiger partial charge < -0.3 is 4.57 Å². The number of aromatic nitrogens is 1. The Morgan fingerprint density at radius 2 is 1.13 bits per heavy atom. The molecule has 0 saturated carbocycles. The molecule has 1 nitrogen and oxygen atoms in total. The van der Waals surface area contributed by atoms with E-state index in [0.29, 0.717) is 0 Å². The Balaban J connectivity index is 1.33. The fourth-order valence-corrected chi connectivity index (χ4v) is 8.06. The molecule has 1 aliphatic rings. The van der Waals surface area contributed by atoms with Gasteiger partial charge in [-0.25, -0.2) is 0 Å². The number of hydrogen-bond donors (Lipinski definition) is 0. The number of benzene rings is 6. The minimum atomic E-state index is 0.245. The zero-order valence-electron chi connectivity index (χ0n) is 21.1. The lowest BCUT2D eigenvalue weighted by Crippen LogP contribution is -1.99. The summed E-state index contributed by atoms with van der Waals surface area (Å²) in [6.07, 6.45) is 0. The van der Waals surface area contributed by atoms with Crippen molar-refractivity contribution in [2.75, 3.05) is 0 Å². The molecule has 0 aliphatic heterocycles. The second-order valence-corrected chi connectivity index (χ2v) is 11.5. The van der Waals surface area contributed by atoms with Crippen LogP contribution >= 0.6 is 11.3 Å². The summed E-state index contributed by atoms with van der Waals surface area (Å²) in [4.78, 5) is 0. The third-order valence-corrected chi connectivity index (χ3v) is 9.70. The normalized spacial score (nSPS) is 13.0. The zero-order valence-corrected chi connectivity index (χ0v) is 22.0. The fraction of sp³-hybridized carbons (Fsp3) is 0.0270. The molecule has 2 heterocycles. The molecule has 0 bridgehead atoms. The lowest BCUT2D eigenvalue weighted by molar-refractivity contribution is 1.02. The molecule has 9 rings (SSSR count). The molecular weight excluding hydrogens is 490 g/mol. The zero-order chi connectivity index (χ0) is 25.5. The molecule has 0 fully saturated rings. The summed E-state index contributed by atoms with van der Waals surface area (Å²) >= 11 is 1.89. The molecular formula is C37H23NS. The first-order chi connectivity index (χ1) is 19.4. The van der Waals surface area contributed by atoms with Gasteiger partial charge in [0.15, 0.2) is 0 Å². The van der Waals surface area contributed by atoms with Crippen LogP contribution in [0.15, 0.2) is 133 Å². The number of fused-ring (bicyclic) bond motifs is 9. The summed E-state index contributed by atoms with van der Waals surface area (Å²) in [5, 5.41) is 5.27. The highest BCUT2D eigenvalue weighted by atomic mass is 32.1. The highest BCUT2D eigenvalue weighted by Gasteiger charge is 2.29. The molecule has 0 radical (unpaired) electrons. The largest absolute Gasteiger partial charge is 0.308 e. The maximum Gasteiger partial charge on any atom is 0.0640 e. The van der Waals surface area contributed by atoms with Crippen molar-refractivity contribution >= 4 is 53.3 Å². The SMILES string of the molecule is c1ccc2c(c1)-c1ccccc1C2c1ccc2c(c1)c1ccccc1n2-c1cccc2c1sc1ccccc12. The van der Waals surface area contributed by atoms with Crippen LogP contribution in [-0.4, -0.2) is 4.57 Å². The summed E-state index contributed by atoms with van der Waals surface area (Å²) < 4.78 is 5.15. The van der Waals surface area contributed by atoms with Crippen molar-refractivity contribution in [1.29, 1.82) is 0 Å². The van der Waals surface area contributed by atoms with Crippen LogP contribution in [0.2, 0.25) is 0 Å². The fourth-order valence-electron chi connectivity index (χ4n) is 6.85. The van der Waals surface area contributed by atoms with Crippen LogP contribution in [-0.2, 0) is 0 Å². The topological polar surface area (TPSA) is 4.93 Å². The summed E-state index contributed by atoms with van der Waals surface area (Å²) in [5.74, 6) is 0.245. The number of thiophene rings is 1. The van der Waals surface area contributed by atoms with Crippen LogP contribution in [0, 0.1) is 0 Å². The molecule has 2 aromatic heterocycles. The second-order valence-electron chi connectivity index (χ2n) is 10.5. The number of rotatable bonds is 2. The van der Waals surface area contributed by atoms with E-state index in [4.69, 9.17) is 0 Å². The van der Waals surface area contributed by atoms with Crippen LogP contribution in [0.25, 0.3) is 58.8 Å². The van der Waals surface area contributed by atoms with E-state index in [1.807, 2.05) is 11.3 Å². The van der Waals surface area contributed by atoms with E-state index < -0.39 is 0 Å². The minimum Gasteiger partial charge on any atom is -0.308 e. The van der Waals surface area contributed by atoms with E-state index >= 15 is 0 Å². The molecule has 0 atom stereocenters. The first-order valence-corrected chi connectivity index (χ1v) is 14.3. The van der Waals surface area contributed by atoms with Gasteiger partial charge in [0.05, 0.1) is 21.4 Å². The van der Waals surface area contributed by atoms with Crippen molar-refractivity contribution in [3.05, 3.63) is 150 Å². The van der Waals surface area contributed by atoms with E-state index in [-0.39, 0.29) is 5.92 Å². The molecule has 0 N–H and O–H groups in total. The molecule has 0 spiro atoms. The predicted octanol–water partition coefficient (Wildman–Crippen LogP) is 10.3. The van der Waals surface area contributed by atoms with Crippen molar-refractivity contribution in [3.8, 4) is 16.8 Å². The standard InChI is InChI=1S/C37H23NS/c1-3-14-28-24(10-1)25-11-2-4-15-29(25)36(28)23-20-21-33-31(22-23)26-12-5-7-17-32(26)38(33)34-18-9-16-30-27-13-6-8-19-35(27)39-37(30)34/h1-22,36H. The highest BCUT2D eigenvalue weighted by molar-refractivity contribution is 7.26. The first kappa shape index (κ1) is 21.3. The molecule has 6 aromatic carbocycles. The summed E-state index contributed by atoms with van der Waals surface area (Å²) in [6, 6.07) is 49.3. The third kappa shape index (κ3) is 2.90. The van der Waals surface area contributed by atoms with E-state index in [9.17, 15) is 0 Å². The Kier molecular flexibility index (Phi) is 4.33. The van der Waals surface area contributed by atoms with Crippen molar-refractivity contribution in [1.82, 2.24) is 4.57 Å². The molecule has 0 saturated heterocycles. The third-order valence-electron chi connectivity index (χ3n) is 8.49. The van der Waals surface area contributed by atoms with Crippen LogP contribution in [0.3, 0.4) is 0 Å². The van der Waals surface area contributed by atoms with Crippen LogP contribution < -0.4 is 0 Å². The van der Waals surface area contributed by atoms with Crippen molar-refractivity contribution in [3.63, 3.8) is 0 Å². The predicted molar refractivity (Wildman–Crippen MR) is 166 cm³/mol. The molecule has 39 heavy (non-hydrogen) atoms. The van der Waals surface area contributed by atoms with Crippen molar-refractivity contribution in [2.24, 2.45) is 0 Å². The number of hydrogen-bond acceptors (Lipinski definition) is 1. The van der Waals surface area contributed by atoms with Gasteiger partial charge in [0, 0.05) is 32.2 Å². The van der Waals surface area contributed by atoms with Crippen LogP contribution in [0.1, 0.15) is 22.6 Å². The lowest BCUT2D eigenvalue weighted by Gasteiger charge is -2.15. The Morgan fingerprint density at radius 1 is 0.487 bits per heavy atom. The maximum absolute atomic E-state index is 2.47. The molecule has 0 amide bonds. The highest BCUT2D eigenvalue weighted by Crippen LogP contribution is 2.49. The average Bonchev–Trinajstić information content (AvgIpc) is 3.65. The van der Waals surface area contributed by atoms with Gasteiger partial charge >= 0.3 is 0 Å². The van der Waals surface area contributed by atoms with Gasteiger partial charge in [0.25, 0.3) is 0 Å². The molecule has 8 aromatic rings. The van der Waals surface area contributed by atoms with Gasteiger partial charge in [0.2, 0.25) is 0 Å². The van der Waals surface area contributed by atoms with Gasteiger partial charge in [-0.2, -0.15) is 0 Å². The summed E-state index contributed by atoms with van der Waals surface area (Å²) in [6.45, 7) is 0. The van der Waals surface area contributed by atoms with Gasteiger partial charge in [-0.05, 0) is 58.1 Å². The number of nitrogens with zero attached hydrogens (tertiary/aromatic N) is 1. The van der Waals surface area contributed by atoms with E-state index in [1.165, 1.54) is 75.5 Å². The smallest absolute Gasteiger partial charge is 0.0640 e. The number of para-hydroxylation sites is 1. The first-order valence-electron chi connectivity index (χ1n) is 13.5. The van der Waals surface area contributed by atoms with Crippen LogP contribution in [0.5, 0.6) is 0 Å². The summed E-state index contributed by atoms with van der Waals surface area (Å²) in [5.41, 5.74) is 10.6. The lowest BCUT2D eigenvalue weighted by atomic mass is 9.88. The quantitative estimate of drug-likeness (QED) is 0.217. The van der Waals surface area contributed by atoms with Crippen LogP contribution in [0.4, 0.5) is 0 Å². The monoisotopic (exact) mass is 513 g/mol. The Hall–Kier alpha value is -4.66. The second kappa shape index (κ2) is 7.92. The van der Waals surface area contributed by atoms with Crippen molar-refractivity contribution < 1.29 is 0 Å². The molecule has 0 unspecified atom stereocenters. The molecule has 1 aliphatic carbocycles. The summed E-state index contributed by atoms with van der Waals surface area (Å²) in [7, 11) is 0. The van der Waals surface area contributed by atoms with Gasteiger partial charge in [-0.1, -0.05) is 103 Å². The van der Waals surface area contributed by atoms with Gasteiger partial charge in [-0.15, -0.1) is 11.3 Å². The van der Waals surface area contributed by atoms with Gasteiger partial charge in [0.1, 0.15) is 0 Å².